The van der Waals surface area contributed by atoms with Crippen LogP contribution in [0.15, 0.2) is 53.1 Å². The number of rotatable bonds is 8. The van der Waals surface area contributed by atoms with Gasteiger partial charge in [0.15, 0.2) is 0 Å². The molecule has 0 spiro atoms. The molecule has 0 bridgehead atoms. The maximum Gasteiger partial charge on any atom is 0.246 e. The van der Waals surface area contributed by atoms with Gasteiger partial charge in [0.05, 0.1) is 19.3 Å². The van der Waals surface area contributed by atoms with Crippen LogP contribution in [0.25, 0.3) is 11.4 Å². The van der Waals surface area contributed by atoms with Crippen LogP contribution in [0.5, 0.6) is 0 Å². The van der Waals surface area contributed by atoms with Crippen LogP contribution in [0.4, 0.5) is 0 Å². The van der Waals surface area contributed by atoms with E-state index in [-0.39, 0.29) is 25.5 Å². The van der Waals surface area contributed by atoms with E-state index in [1.807, 2.05) is 0 Å². The Morgan fingerprint density at radius 1 is 1.06 bits per heavy atom. The Morgan fingerprint density at radius 3 is 2.39 bits per heavy atom. The summed E-state index contributed by atoms with van der Waals surface area (Å²) in [5.74, 6) is 0.158. The summed E-state index contributed by atoms with van der Waals surface area (Å²) in [6.07, 6.45) is 1.05. The summed E-state index contributed by atoms with van der Waals surface area (Å²) < 4.78 is 30.7. The Hall–Kier alpha value is -2.46. The van der Waals surface area contributed by atoms with Crippen LogP contribution >= 0.6 is 23.2 Å². The first-order valence-electron chi connectivity index (χ1n) is 9.14. The van der Waals surface area contributed by atoms with Crippen LogP contribution < -0.4 is 0 Å². The first kappa shape index (κ1) is 23.2. The van der Waals surface area contributed by atoms with Gasteiger partial charge >= 0.3 is 0 Å². The summed E-state index contributed by atoms with van der Waals surface area (Å²) in [6, 6.07) is 13.8. The number of hydrogen-bond acceptors (Lipinski definition) is 6. The van der Waals surface area contributed by atoms with Crippen molar-refractivity contribution in [1.29, 1.82) is 0 Å². The lowest BCUT2D eigenvalue weighted by atomic mass is 10.2. The molecule has 0 aliphatic carbocycles. The SMILES string of the molecule is CN(Cc1nc(-c2ccc(Cl)cc2)no1)C(=O)CN(Cc1ccccc1Cl)S(C)(=O)=O. The first-order valence-corrected chi connectivity index (χ1v) is 11.7. The van der Waals surface area contributed by atoms with Crippen molar-refractivity contribution in [3.63, 3.8) is 0 Å². The zero-order valence-electron chi connectivity index (χ0n) is 16.8. The first-order chi connectivity index (χ1) is 14.6. The van der Waals surface area contributed by atoms with E-state index in [1.54, 1.807) is 48.5 Å². The summed E-state index contributed by atoms with van der Waals surface area (Å²) in [5, 5.41) is 4.92. The number of carbonyl (C=O) groups is 1. The van der Waals surface area contributed by atoms with Gasteiger partial charge in [-0.3, -0.25) is 4.79 Å². The average molecular weight is 483 g/mol. The molecule has 0 aliphatic heterocycles. The maximum absolute atomic E-state index is 12.7. The summed E-state index contributed by atoms with van der Waals surface area (Å²) in [5.41, 5.74) is 1.32. The highest BCUT2D eigenvalue weighted by molar-refractivity contribution is 7.88. The Morgan fingerprint density at radius 2 is 1.74 bits per heavy atom. The standard InChI is InChI=1S/C20H20Cl2N4O4S/c1-25(12-18-23-20(24-30-18)14-7-9-16(21)10-8-14)19(27)13-26(31(2,28)29)11-15-5-3-4-6-17(15)22/h3-10H,11-13H2,1-2H3. The van der Waals surface area contributed by atoms with Crippen molar-refractivity contribution in [1.82, 2.24) is 19.3 Å². The van der Waals surface area contributed by atoms with E-state index in [2.05, 4.69) is 10.1 Å². The van der Waals surface area contributed by atoms with Crippen LogP contribution in [0, 0.1) is 0 Å². The number of likely N-dealkylation sites (N-methyl/N-ethyl adjacent to an activating group) is 1. The zero-order valence-corrected chi connectivity index (χ0v) is 19.2. The molecule has 0 N–H and O–H groups in total. The summed E-state index contributed by atoms with van der Waals surface area (Å²) in [6.45, 7) is -0.332. The summed E-state index contributed by atoms with van der Waals surface area (Å²) in [4.78, 5) is 18.3. The van der Waals surface area contributed by atoms with Gasteiger partial charge in [0, 0.05) is 29.2 Å². The van der Waals surface area contributed by atoms with Crippen LogP contribution in [0.1, 0.15) is 11.5 Å². The number of halogens is 2. The molecule has 0 aliphatic rings. The second kappa shape index (κ2) is 9.78. The minimum Gasteiger partial charge on any atom is -0.337 e. The quantitative estimate of drug-likeness (QED) is 0.487. The van der Waals surface area contributed by atoms with Gasteiger partial charge in [-0.2, -0.15) is 9.29 Å². The van der Waals surface area contributed by atoms with E-state index in [1.165, 1.54) is 11.9 Å². The fourth-order valence-electron chi connectivity index (χ4n) is 2.70. The Balaban J connectivity index is 1.67. The molecule has 0 saturated heterocycles. The number of hydrogen-bond donors (Lipinski definition) is 0. The van der Waals surface area contributed by atoms with Crippen molar-refractivity contribution in [3.05, 3.63) is 70.0 Å². The van der Waals surface area contributed by atoms with Crippen LogP contribution in [0.2, 0.25) is 10.0 Å². The molecule has 0 atom stereocenters. The fourth-order valence-corrected chi connectivity index (χ4v) is 3.74. The second-order valence-corrected chi connectivity index (χ2v) is 9.72. The van der Waals surface area contributed by atoms with Gasteiger partial charge in [0.2, 0.25) is 27.6 Å². The van der Waals surface area contributed by atoms with E-state index < -0.39 is 15.9 Å². The van der Waals surface area contributed by atoms with Gasteiger partial charge in [-0.25, -0.2) is 8.42 Å². The lowest BCUT2D eigenvalue weighted by molar-refractivity contribution is -0.131. The molecule has 11 heteroatoms. The molecule has 2 aromatic carbocycles. The molecular formula is C20H20Cl2N4O4S. The molecule has 164 valence electrons. The van der Waals surface area contributed by atoms with Crippen molar-refractivity contribution in [2.24, 2.45) is 0 Å². The number of nitrogens with zero attached hydrogens (tertiary/aromatic N) is 4. The van der Waals surface area contributed by atoms with Crippen molar-refractivity contribution in [2.45, 2.75) is 13.1 Å². The van der Waals surface area contributed by atoms with Gasteiger partial charge in [-0.15, -0.1) is 0 Å². The average Bonchev–Trinajstić information content (AvgIpc) is 3.17. The molecule has 3 rings (SSSR count). The highest BCUT2D eigenvalue weighted by atomic mass is 35.5. The smallest absolute Gasteiger partial charge is 0.246 e. The number of amides is 1. The minimum atomic E-state index is -3.65. The predicted octanol–water partition coefficient (Wildman–Crippen LogP) is 3.46. The lowest BCUT2D eigenvalue weighted by Crippen LogP contribution is -2.40. The molecule has 0 unspecified atom stereocenters. The molecule has 31 heavy (non-hydrogen) atoms. The molecule has 0 fully saturated rings. The normalized spacial score (nSPS) is 11.6. The van der Waals surface area contributed by atoms with E-state index in [0.29, 0.717) is 21.4 Å². The number of benzene rings is 2. The third-order valence-corrected chi connectivity index (χ3v) is 6.27. The maximum atomic E-state index is 12.7. The van der Waals surface area contributed by atoms with Gasteiger partial charge in [-0.05, 0) is 35.9 Å². The predicted molar refractivity (Wildman–Crippen MR) is 118 cm³/mol. The van der Waals surface area contributed by atoms with Gasteiger partial charge < -0.3 is 9.42 Å². The molecule has 1 aromatic heterocycles. The molecule has 0 saturated carbocycles. The van der Waals surface area contributed by atoms with Gasteiger partial charge in [0.25, 0.3) is 0 Å². The van der Waals surface area contributed by atoms with Gasteiger partial charge in [0.1, 0.15) is 0 Å². The zero-order chi connectivity index (χ0) is 22.6. The monoisotopic (exact) mass is 482 g/mol. The Bertz CT molecular complexity index is 1170. The number of sulfonamides is 1. The Labute approximate surface area is 190 Å². The molecule has 8 nitrogen and oxygen atoms in total. The van der Waals surface area contributed by atoms with E-state index >= 15 is 0 Å². The van der Waals surface area contributed by atoms with E-state index in [9.17, 15) is 13.2 Å². The van der Waals surface area contributed by atoms with Crippen molar-refractivity contribution in [3.8, 4) is 11.4 Å². The van der Waals surface area contributed by atoms with Crippen LogP contribution in [-0.4, -0.2) is 53.5 Å². The third kappa shape index (κ3) is 6.27. The van der Waals surface area contributed by atoms with Crippen molar-refractivity contribution in [2.75, 3.05) is 19.8 Å². The highest BCUT2D eigenvalue weighted by Crippen LogP contribution is 2.20. The molecular weight excluding hydrogens is 463 g/mol. The molecule has 1 amide bonds. The molecule has 1 heterocycles. The van der Waals surface area contributed by atoms with Crippen molar-refractivity contribution < 1.29 is 17.7 Å². The largest absolute Gasteiger partial charge is 0.337 e. The van der Waals surface area contributed by atoms with Crippen molar-refractivity contribution >= 4 is 39.1 Å². The lowest BCUT2D eigenvalue weighted by Gasteiger charge is -2.23. The van der Waals surface area contributed by atoms with Crippen LogP contribution in [-0.2, 0) is 27.9 Å². The fraction of sp³-hybridized carbons (Fsp3) is 0.250. The summed E-state index contributed by atoms with van der Waals surface area (Å²) in [7, 11) is -2.12. The highest BCUT2D eigenvalue weighted by Gasteiger charge is 2.24. The van der Waals surface area contributed by atoms with Crippen LogP contribution in [0.3, 0.4) is 0 Å². The minimum absolute atomic E-state index is 0.0145. The molecule has 0 radical (unpaired) electrons. The topological polar surface area (TPSA) is 96.6 Å². The van der Waals surface area contributed by atoms with Gasteiger partial charge in [-0.1, -0.05) is 46.6 Å². The third-order valence-electron chi connectivity index (χ3n) is 4.45. The van der Waals surface area contributed by atoms with E-state index in [0.717, 1.165) is 16.1 Å². The summed E-state index contributed by atoms with van der Waals surface area (Å²) >= 11 is 12.0. The number of carbonyl (C=O) groups excluding carboxylic acids is 1. The Kier molecular flexibility index (Phi) is 7.32. The number of aromatic nitrogens is 2. The van der Waals surface area contributed by atoms with E-state index in [4.69, 9.17) is 27.7 Å². The second-order valence-electron chi connectivity index (χ2n) is 6.89. The molecule has 3 aromatic rings.